The highest BCUT2D eigenvalue weighted by atomic mass is 16.5. The van der Waals surface area contributed by atoms with E-state index in [0.717, 1.165) is 89.9 Å². The van der Waals surface area contributed by atoms with Crippen LogP contribution in [0, 0.1) is 0 Å². The van der Waals surface area contributed by atoms with E-state index in [0.29, 0.717) is 6.42 Å². The number of hydrogen-bond acceptors (Lipinski definition) is 3. The topological polar surface area (TPSA) is 63.6 Å². The Hall–Kier alpha value is -1.84. The molecule has 0 aliphatic rings. The molecule has 1 N–H and O–H groups in total. The smallest absolute Gasteiger partial charge is 0.306 e. The largest absolute Gasteiger partial charge is 0.481 e. The van der Waals surface area contributed by atoms with Crippen LogP contribution in [0.1, 0.15) is 194 Å². The minimum atomic E-state index is -0.695. The van der Waals surface area contributed by atoms with Gasteiger partial charge in [-0.05, 0) is 70.6 Å². The van der Waals surface area contributed by atoms with Crippen LogP contribution in [0.2, 0.25) is 0 Å². The highest BCUT2D eigenvalue weighted by Crippen LogP contribution is 2.18. The fourth-order valence-corrected chi connectivity index (χ4v) is 5.43. The number of unbranched alkanes of at least 4 members (excludes halogenated alkanes) is 18. The van der Waals surface area contributed by atoms with Crippen LogP contribution in [0.15, 0.2) is 36.5 Å². The summed E-state index contributed by atoms with van der Waals surface area (Å²) in [7, 11) is 0. The van der Waals surface area contributed by atoms with Crippen LogP contribution in [0.3, 0.4) is 0 Å². The van der Waals surface area contributed by atoms with Gasteiger partial charge in [0.15, 0.2) is 0 Å². The van der Waals surface area contributed by atoms with Gasteiger partial charge in [0.05, 0.1) is 0 Å². The summed E-state index contributed by atoms with van der Waals surface area (Å²) in [6.45, 7) is 4.41. The molecule has 43 heavy (non-hydrogen) atoms. The maximum absolute atomic E-state index is 12.6. The minimum absolute atomic E-state index is 0.00132. The molecular weight excluding hydrogens is 532 g/mol. The lowest BCUT2D eigenvalue weighted by atomic mass is 10.0. The fraction of sp³-hybridized carbons (Fsp3) is 0.795. The Morgan fingerprint density at radius 3 is 1.51 bits per heavy atom. The van der Waals surface area contributed by atoms with Gasteiger partial charge in [0.25, 0.3) is 0 Å². The molecule has 0 aromatic rings. The van der Waals surface area contributed by atoms with E-state index in [4.69, 9.17) is 9.84 Å². The van der Waals surface area contributed by atoms with Crippen molar-refractivity contribution in [1.82, 2.24) is 0 Å². The molecule has 0 amide bonds. The third kappa shape index (κ3) is 34.5. The van der Waals surface area contributed by atoms with Crippen LogP contribution >= 0.6 is 0 Å². The van der Waals surface area contributed by atoms with Crippen molar-refractivity contribution >= 4 is 11.9 Å². The van der Waals surface area contributed by atoms with Crippen molar-refractivity contribution in [3.8, 4) is 0 Å². The van der Waals surface area contributed by atoms with Crippen LogP contribution < -0.4 is 0 Å². The molecule has 4 nitrogen and oxygen atoms in total. The number of esters is 1. The van der Waals surface area contributed by atoms with Crippen molar-refractivity contribution in [1.29, 1.82) is 0 Å². The Morgan fingerprint density at radius 2 is 0.977 bits per heavy atom. The molecule has 0 heterocycles. The van der Waals surface area contributed by atoms with Gasteiger partial charge in [0.2, 0.25) is 0 Å². The minimum Gasteiger partial charge on any atom is -0.481 e. The lowest BCUT2D eigenvalue weighted by Crippen LogP contribution is -2.18. The molecule has 1 unspecified atom stereocenters. The predicted octanol–water partition coefficient (Wildman–Crippen LogP) is 12.6. The monoisotopic (exact) mass is 603 g/mol. The van der Waals surface area contributed by atoms with Gasteiger partial charge in [-0.25, -0.2) is 0 Å². The van der Waals surface area contributed by atoms with Crippen molar-refractivity contribution < 1.29 is 19.4 Å². The Balaban J connectivity index is 3.82. The molecule has 250 valence electrons. The number of ether oxygens (including phenoxy) is 1. The summed E-state index contributed by atoms with van der Waals surface area (Å²) < 4.78 is 5.95. The number of allylic oxidation sites excluding steroid dienone is 6. The molecule has 0 bridgehead atoms. The van der Waals surface area contributed by atoms with Crippen LogP contribution in [-0.2, 0) is 14.3 Å². The lowest BCUT2D eigenvalue weighted by Gasteiger charge is -2.18. The summed E-state index contributed by atoms with van der Waals surface area (Å²) in [5.41, 5.74) is 0. The molecule has 1 atom stereocenters. The zero-order valence-electron chi connectivity index (χ0n) is 28.5. The Labute approximate surface area is 267 Å². The number of carboxylic acid groups (broad SMARTS) is 1. The Morgan fingerprint density at radius 1 is 0.535 bits per heavy atom. The Kier molecular flexibility index (Phi) is 33.2. The highest BCUT2D eigenvalue weighted by Gasteiger charge is 2.14. The van der Waals surface area contributed by atoms with Gasteiger partial charge in [0, 0.05) is 12.8 Å². The standard InChI is InChI=1S/C39H70O4/c1-3-5-7-9-10-11-12-13-14-15-16-17-18-19-20-21-22-28-32-36-39(42)43-37(33-29-25-8-6-4-2)34-30-26-23-24-27-31-35-38(40)41/h5,7,10-11,13-14,37H,3-4,6,8-9,12,15-36H2,1-2H3,(H,40,41)/b7-5-,11-10-,14-13-. The van der Waals surface area contributed by atoms with E-state index in [-0.39, 0.29) is 18.5 Å². The first-order valence-corrected chi connectivity index (χ1v) is 18.5. The van der Waals surface area contributed by atoms with Crippen LogP contribution in [0.5, 0.6) is 0 Å². The summed E-state index contributed by atoms with van der Waals surface area (Å²) in [4.78, 5) is 23.2. The second-order valence-corrected chi connectivity index (χ2v) is 12.4. The predicted molar refractivity (Wildman–Crippen MR) is 186 cm³/mol. The molecule has 0 aromatic carbocycles. The molecular formula is C39H70O4. The second kappa shape index (κ2) is 34.6. The summed E-state index contributed by atoms with van der Waals surface area (Å²) >= 11 is 0. The summed E-state index contributed by atoms with van der Waals surface area (Å²) in [5, 5.41) is 8.74. The number of aliphatic carboxylic acids is 1. The van der Waals surface area contributed by atoms with E-state index in [2.05, 4.69) is 50.3 Å². The normalized spacial score (nSPS) is 12.6. The second-order valence-electron chi connectivity index (χ2n) is 12.4. The first-order chi connectivity index (χ1) is 21.1. The molecule has 0 aromatic heterocycles. The van der Waals surface area contributed by atoms with Crippen LogP contribution in [0.4, 0.5) is 0 Å². The number of carbonyl (C=O) groups is 2. The number of hydrogen-bond donors (Lipinski definition) is 1. The van der Waals surface area contributed by atoms with E-state index in [1.807, 2.05) is 0 Å². The fourth-order valence-electron chi connectivity index (χ4n) is 5.43. The maximum Gasteiger partial charge on any atom is 0.306 e. The van der Waals surface area contributed by atoms with Gasteiger partial charge in [-0.1, -0.05) is 147 Å². The first kappa shape index (κ1) is 41.2. The molecule has 0 radical (unpaired) electrons. The van der Waals surface area contributed by atoms with Gasteiger partial charge in [0.1, 0.15) is 6.10 Å². The summed E-state index contributed by atoms with van der Waals surface area (Å²) in [6, 6.07) is 0. The average molecular weight is 603 g/mol. The zero-order chi connectivity index (χ0) is 31.5. The van der Waals surface area contributed by atoms with Crippen molar-refractivity contribution in [3.05, 3.63) is 36.5 Å². The number of carbonyl (C=O) groups excluding carboxylic acids is 1. The van der Waals surface area contributed by atoms with E-state index < -0.39 is 5.97 Å². The summed E-state index contributed by atoms with van der Waals surface area (Å²) in [6.07, 6.45) is 44.6. The van der Waals surface area contributed by atoms with Gasteiger partial charge in [-0.2, -0.15) is 0 Å². The van der Waals surface area contributed by atoms with Crippen LogP contribution in [-0.4, -0.2) is 23.1 Å². The van der Waals surface area contributed by atoms with Crippen LogP contribution in [0.25, 0.3) is 0 Å². The molecule has 0 aliphatic carbocycles. The molecule has 0 saturated heterocycles. The quantitative estimate of drug-likeness (QED) is 0.0461. The number of rotatable bonds is 33. The zero-order valence-corrected chi connectivity index (χ0v) is 28.5. The van der Waals surface area contributed by atoms with E-state index >= 15 is 0 Å². The third-order valence-electron chi connectivity index (χ3n) is 8.13. The lowest BCUT2D eigenvalue weighted by molar-refractivity contribution is -0.150. The van der Waals surface area contributed by atoms with E-state index in [1.54, 1.807) is 0 Å². The van der Waals surface area contributed by atoms with E-state index in [1.165, 1.54) is 77.0 Å². The maximum atomic E-state index is 12.6. The Bertz CT molecular complexity index is 693. The van der Waals surface area contributed by atoms with Gasteiger partial charge < -0.3 is 9.84 Å². The van der Waals surface area contributed by atoms with Gasteiger partial charge in [-0.3, -0.25) is 9.59 Å². The average Bonchev–Trinajstić information content (AvgIpc) is 2.99. The van der Waals surface area contributed by atoms with Crippen molar-refractivity contribution in [3.63, 3.8) is 0 Å². The molecule has 4 heteroatoms. The molecule has 0 aliphatic heterocycles. The molecule has 0 saturated carbocycles. The van der Waals surface area contributed by atoms with Gasteiger partial charge in [-0.15, -0.1) is 0 Å². The molecule has 0 spiro atoms. The first-order valence-electron chi connectivity index (χ1n) is 18.5. The van der Waals surface area contributed by atoms with Gasteiger partial charge >= 0.3 is 11.9 Å². The number of carboxylic acids is 1. The van der Waals surface area contributed by atoms with Crippen molar-refractivity contribution in [2.24, 2.45) is 0 Å². The summed E-state index contributed by atoms with van der Waals surface area (Å²) in [5.74, 6) is -0.694. The molecule has 0 rings (SSSR count). The molecule has 0 fully saturated rings. The van der Waals surface area contributed by atoms with Crippen molar-refractivity contribution in [2.75, 3.05) is 0 Å². The SMILES string of the molecule is CC/C=C\C/C=C\C/C=C\CCCCCCCCCCCC(=O)OC(CCCCCCC)CCCCCCCCC(=O)O. The third-order valence-corrected chi connectivity index (χ3v) is 8.13. The van der Waals surface area contributed by atoms with E-state index in [9.17, 15) is 9.59 Å². The highest BCUT2D eigenvalue weighted by molar-refractivity contribution is 5.69. The van der Waals surface area contributed by atoms with Crippen molar-refractivity contribution in [2.45, 2.75) is 200 Å².